The molecule has 2 heterocycles. The van der Waals surface area contributed by atoms with Gasteiger partial charge in [-0.3, -0.25) is 24.5 Å². The molecule has 0 aliphatic carbocycles. The second-order valence-corrected chi connectivity index (χ2v) is 10.1. The molecule has 33 heavy (non-hydrogen) atoms. The van der Waals surface area contributed by atoms with Gasteiger partial charge in [0.25, 0.3) is 11.6 Å². The van der Waals surface area contributed by atoms with Crippen molar-refractivity contribution in [2.45, 2.75) is 6.54 Å². The van der Waals surface area contributed by atoms with Gasteiger partial charge in [-0.25, -0.2) is 8.42 Å². The number of nitrogens with zero attached hydrogens (tertiary/aromatic N) is 4. The standard InChI is InChI=1S/C18H20N4O9S2/c1-30-17(25)9-21-13-3-2-12(22(26)27)8-14(13)32-18(21)19-15(23)10-33(28,29)11-16(24)20-4-6-31-7-5-20/h2-3,8H,4-7,9-11H2,1H3. The van der Waals surface area contributed by atoms with E-state index >= 15 is 0 Å². The fraction of sp³-hybridized carbons (Fsp3) is 0.444. The number of thiazole rings is 1. The number of sulfone groups is 1. The molecule has 178 valence electrons. The van der Waals surface area contributed by atoms with Gasteiger partial charge < -0.3 is 18.9 Å². The molecule has 0 spiro atoms. The van der Waals surface area contributed by atoms with Crippen molar-refractivity contribution in [3.05, 3.63) is 33.1 Å². The second-order valence-electron chi connectivity index (χ2n) is 6.99. The number of non-ortho nitro benzene ring substituents is 1. The second kappa shape index (κ2) is 10.2. The van der Waals surface area contributed by atoms with Gasteiger partial charge in [-0.1, -0.05) is 11.3 Å². The summed E-state index contributed by atoms with van der Waals surface area (Å²) in [7, 11) is -2.93. The van der Waals surface area contributed by atoms with E-state index in [9.17, 15) is 32.9 Å². The van der Waals surface area contributed by atoms with Crippen LogP contribution < -0.4 is 4.80 Å². The Bertz CT molecular complexity index is 1270. The first-order valence-electron chi connectivity index (χ1n) is 9.58. The average molecular weight is 501 g/mol. The molecule has 2 aromatic rings. The van der Waals surface area contributed by atoms with Crippen LogP contribution in [0.4, 0.5) is 5.69 Å². The van der Waals surface area contributed by atoms with E-state index in [1.54, 1.807) is 0 Å². The normalized spacial score (nSPS) is 14.9. The molecule has 2 amide bonds. The molecule has 13 nitrogen and oxygen atoms in total. The molecule has 0 N–H and O–H groups in total. The summed E-state index contributed by atoms with van der Waals surface area (Å²) >= 11 is 0.878. The van der Waals surface area contributed by atoms with Gasteiger partial charge >= 0.3 is 5.97 Å². The van der Waals surface area contributed by atoms with E-state index in [-0.39, 0.29) is 30.1 Å². The summed E-state index contributed by atoms with van der Waals surface area (Å²) in [5.74, 6) is -4.17. The lowest BCUT2D eigenvalue weighted by Gasteiger charge is -2.26. The molecule has 3 rings (SSSR count). The Morgan fingerprint density at radius 1 is 1.24 bits per heavy atom. The molecule has 1 aliphatic heterocycles. The topological polar surface area (TPSA) is 167 Å². The van der Waals surface area contributed by atoms with Crippen LogP contribution in [-0.4, -0.2) is 85.5 Å². The molecular weight excluding hydrogens is 480 g/mol. The molecule has 0 saturated carbocycles. The van der Waals surface area contributed by atoms with Gasteiger partial charge in [-0.2, -0.15) is 4.99 Å². The van der Waals surface area contributed by atoms with Crippen molar-refractivity contribution < 1.29 is 37.2 Å². The largest absolute Gasteiger partial charge is 0.468 e. The van der Waals surface area contributed by atoms with Crippen molar-refractivity contribution >= 4 is 54.9 Å². The predicted octanol–water partition coefficient (Wildman–Crippen LogP) is -0.515. The van der Waals surface area contributed by atoms with E-state index in [1.807, 2.05) is 0 Å². The van der Waals surface area contributed by atoms with E-state index in [1.165, 1.54) is 34.8 Å². The molecule has 1 aromatic carbocycles. The van der Waals surface area contributed by atoms with E-state index in [4.69, 9.17) is 4.74 Å². The van der Waals surface area contributed by atoms with Gasteiger partial charge in [0.1, 0.15) is 18.1 Å². The number of esters is 1. The third-order valence-corrected chi connectivity index (χ3v) is 7.08. The number of nitro groups is 1. The summed E-state index contributed by atoms with van der Waals surface area (Å²) in [6, 6.07) is 3.89. The summed E-state index contributed by atoms with van der Waals surface area (Å²) in [5.41, 5.74) is 0.184. The fourth-order valence-corrected chi connectivity index (χ4v) is 5.26. The van der Waals surface area contributed by atoms with E-state index in [0.29, 0.717) is 23.4 Å². The van der Waals surface area contributed by atoms with Crippen molar-refractivity contribution in [2.24, 2.45) is 4.99 Å². The Hall–Kier alpha value is -3.17. The number of fused-ring (bicyclic) bond motifs is 1. The highest BCUT2D eigenvalue weighted by Gasteiger charge is 2.26. The lowest BCUT2D eigenvalue weighted by atomic mass is 10.3. The monoisotopic (exact) mass is 500 g/mol. The van der Waals surface area contributed by atoms with Crippen LogP contribution in [0.5, 0.6) is 0 Å². The number of carbonyl (C=O) groups excluding carboxylic acids is 3. The Morgan fingerprint density at radius 3 is 2.58 bits per heavy atom. The molecule has 1 fully saturated rings. The highest BCUT2D eigenvalue weighted by molar-refractivity contribution is 7.92. The van der Waals surface area contributed by atoms with Gasteiger partial charge in [-0.05, 0) is 6.07 Å². The van der Waals surface area contributed by atoms with Crippen LogP contribution in [0.2, 0.25) is 0 Å². The third-order valence-electron chi connectivity index (χ3n) is 4.66. The summed E-state index contributed by atoms with van der Waals surface area (Å²) in [4.78, 5) is 52.0. The van der Waals surface area contributed by atoms with Crippen LogP contribution in [0.1, 0.15) is 0 Å². The molecule has 15 heteroatoms. The smallest absolute Gasteiger partial charge is 0.325 e. The summed E-state index contributed by atoms with van der Waals surface area (Å²) in [5, 5.41) is 11.0. The highest BCUT2D eigenvalue weighted by atomic mass is 32.2. The van der Waals surface area contributed by atoms with Crippen LogP contribution >= 0.6 is 11.3 Å². The third kappa shape index (κ3) is 6.21. The lowest BCUT2D eigenvalue weighted by molar-refractivity contribution is -0.384. The number of benzene rings is 1. The van der Waals surface area contributed by atoms with Gasteiger partial charge in [-0.15, -0.1) is 0 Å². The Balaban J connectivity index is 1.87. The number of aromatic nitrogens is 1. The lowest BCUT2D eigenvalue weighted by Crippen LogP contribution is -2.43. The number of amides is 2. The molecule has 0 unspecified atom stereocenters. The first-order chi connectivity index (χ1) is 15.6. The van der Waals surface area contributed by atoms with Gasteiger partial charge in [0.05, 0.1) is 35.5 Å². The minimum absolute atomic E-state index is 0.0318. The number of hydrogen-bond acceptors (Lipinski definition) is 10. The zero-order chi connectivity index (χ0) is 24.2. The number of nitro benzene ring substituents is 1. The first kappa shape index (κ1) is 24.5. The van der Waals surface area contributed by atoms with Gasteiger partial charge in [0.15, 0.2) is 14.6 Å². The number of methoxy groups -OCH3 is 1. The van der Waals surface area contributed by atoms with Crippen molar-refractivity contribution in [3.8, 4) is 0 Å². The maximum Gasteiger partial charge on any atom is 0.325 e. The number of hydrogen-bond donors (Lipinski definition) is 0. The van der Waals surface area contributed by atoms with Crippen molar-refractivity contribution in [2.75, 3.05) is 44.9 Å². The summed E-state index contributed by atoms with van der Waals surface area (Å²) < 4.78 is 36.2. The number of morpholine rings is 1. The SMILES string of the molecule is COC(=O)Cn1c(=NC(=O)CS(=O)(=O)CC(=O)N2CCOCC2)sc2cc([N+](=O)[O-])ccc21. The van der Waals surface area contributed by atoms with Crippen LogP contribution in [0, 0.1) is 10.1 Å². The van der Waals surface area contributed by atoms with Crippen LogP contribution in [-0.2, 0) is 40.2 Å². The number of carbonyl (C=O) groups is 3. The van der Waals surface area contributed by atoms with Crippen molar-refractivity contribution in [1.82, 2.24) is 9.47 Å². The average Bonchev–Trinajstić information content (AvgIpc) is 3.09. The molecule has 0 atom stereocenters. The number of rotatable bonds is 7. The minimum Gasteiger partial charge on any atom is -0.468 e. The maximum absolute atomic E-state index is 12.4. The number of ether oxygens (including phenoxy) is 2. The first-order valence-corrected chi connectivity index (χ1v) is 12.2. The Kier molecular flexibility index (Phi) is 7.55. The molecule has 1 saturated heterocycles. The summed E-state index contributed by atoms with van der Waals surface area (Å²) in [6.07, 6.45) is 0. The van der Waals surface area contributed by atoms with Gasteiger partial charge in [0.2, 0.25) is 5.91 Å². The quantitative estimate of drug-likeness (QED) is 0.276. The molecule has 1 aromatic heterocycles. The zero-order valence-electron chi connectivity index (χ0n) is 17.5. The maximum atomic E-state index is 12.4. The van der Waals surface area contributed by atoms with Crippen molar-refractivity contribution in [1.29, 1.82) is 0 Å². The molecule has 0 bridgehead atoms. The molecular formula is C18H20N4O9S2. The minimum atomic E-state index is -4.10. The van der Waals surface area contributed by atoms with Crippen LogP contribution in [0.25, 0.3) is 10.2 Å². The van der Waals surface area contributed by atoms with E-state index < -0.39 is 44.0 Å². The van der Waals surface area contributed by atoms with E-state index in [2.05, 4.69) is 9.73 Å². The Morgan fingerprint density at radius 2 is 1.94 bits per heavy atom. The molecule has 0 radical (unpaired) electrons. The van der Waals surface area contributed by atoms with Crippen LogP contribution in [0.3, 0.4) is 0 Å². The van der Waals surface area contributed by atoms with Crippen molar-refractivity contribution in [3.63, 3.8) is 0 Å². The Labute approximate surface area is 191 Å². The summed E-state index contributed by atoms with van der Waals surface area (Å²) in [6.45, 7) is 0.819. The zero-order valence-corrected chi connectivity index (χ0v) is 19.1. The van der Waals surface area contributed by atoms with E-state index in [0.717, 1.165) is 11.3 Å². The van der Waals surface area contributed by atoms with Crippen LogP contribution in [0.15, 0.2) is 23.2 Å². The molecule has 1 aliphatic rings. The highest BCUT2D eigenvalue weighted by Crippen LogP contribution is 2.23. The van der Waals surface area contributed by atoms with Gasteiger partial charge in [0, 0.05) is 25.2 Å². The predicted molar refractivity (Wildman–Crippen MR) is 115 cm³/mol. The fourth-order valence-electron chi connectivity index (χ4n) is 3.08.